The average molecular weight is 491 g/mol. The maximum atomic E-state index is 12.7. The van der Waals surface area contributed by atoms with E-state index in [2.05, 4.69) is 16.0 Å². The van der Waals surface area contributed by atoms with Gasteiger partial charge in [-0.1, -0.05) is 42.2 Å². The molecule has 0 saturated carbocycles. The molecule has 3 atom stereocenters. The van der Waals surface area contributed by atoms with Crippen LogP contribution in [-0.4, -0.2) is 53.0 Å². The van der Waals surface area contributed by atoms with Crippen LogP contribution in [0.5, 0.6) is 11.5 Å². The highest BCUT2D eigenvalue weighted by Gasteiger charge is 2.47. The number of hydrogen-bond acceptors (Lipinski definition) is 8. The maximum Gasteiger partial charge on any atom is 0.238 e. The molecule has 4 rings (SSSR count). The molecule has 2 aromatic carbocycles. The Morgan fingerprint density at radius 1 is 1.19 bits per heavy atom. The van der Waals surface area contributed by atoms with Crippen molar-refractivity contribution in [3.05, 3.63) is 48.5 Å². The minimum Gasteiger partial charge on any atom is -0.493 e. The summed E-state index contributed by atoms with van der Waals surface area (Å²) in [4.78, 5) is 27.1. The Morgan fingerprint density at radius 2 is 1.94 bits per heavy atom. The van der Waals surface area contributed by atoms with Crippen molar-refractivity contribution in [1.29, 1.82) is 0 Å². The van der Waals surface area contributed by atoms with Gasteiger partial charge in [-0.05, 0) is 24.3 Å². The van der Waals surface area contributed by atoms with E-state index in [4.69, 9.17) is 21.7 Å². The summed E-state index contributed by atoms with van der Waals surface area (Å²) in [6, 6.07) is 14.9. The van der Waals surface area contributed by atoms with Gasteiger partial charge in [0.15, 0.2) is 11.5 Å². The quantitative estimate of drug-likeness (QED) is 0.507. The first-order chi connectivity index (χ1) is 15.5. The number of para-hydroxylation sites is 1. The number of thioether (sulfide) groups is 2. The van der Waals surface area contributed by atoms with Gasteiger partial charge in [-0.15, -0.1) is 11.8 Å². The smallest absolute Gasteiger partial charge is 0.238 e. The van der Waals surface area contributed by atoms with Gasteiger partial charge in [-0.3, -0.25) is 14.9 Å². The molecule has 11 heteroatoms. The van der Waals surface area contributed by atoms with Crippen LogP contribution in [0.1, 0.15) is 0 Å². The van der Waals surface area contributed by atoms with Crippen LogP contribution in [-0.2, 0) is 9.59 Å². The highest BCUT2D eigenvalue weighted by atomic mass is 32.2. The Labute approximate surface area is 199 Å². The standard InChI is InChI=1S/C21H22N4O4S3/c1-28-14-9-8-12(10-15(14)29-2)22-16(26)11-31-20-23-18-17(19(27)24-20)32-21(30)25(18)13-6-4-3-5-7-13/h3-10,17-18,20,23H,11H2,1-2H3,(H,22,26)(H,24,27). The number of carbonyl (C=O) groups is 2. The second-order valence-corrected chi connectivity index (χ2v) is 9.81. The SMILES string of the molecule is COc1ccc(NC(=O)CSC2NC(=O)C3SC(=S)N(c4ccccc4)C3N2)cc1OC. The van der Waals surface area contributed by atoms with Crippen molar-refractivity contribution in [3.63, 3.8) is 0 Å². The number of methoxy groups -OCH3 is 2. The minimum absolute atomic E-state index is 0.0997. The predicted octanol–water partition coefficient (Wildman–Crippen LogP) is 2.61. The molecule has 2 aromatic rings. The van der Waals surface area contributed by atoms with Crippen molar-refractivity contribution in [2.45, 2.75) is 16.9 Å². The summed E-state index contributed by atoms with van der Waals surface area (Å²) in [6.45, 7) is 0. The summed E-state index contributed by atoms with van der Waals surface area (Å²) < 4.78 is 11.1. The van der Waals surface area contributed by atoms with Crippen LogP contribution in [0.25, 0.3) is 0 Å². The van der Waals surface area contributed by atoms with Gasteiger partial charge in [-0.2, -0.15) is 0 Å². The van der Waals surface area contributed by atoms with E-state index in [-0.39, 0.29) is 29.0 Å². The molecule has 0 spiro atoms. The van der Waals surface area contributed by atoms with Gasteiger partial charge >= 0.3 is 0 Å². The molecule has 0 aromatic heterocycles. The van der Waals surface area contributed by atoms with Gasteiger partial charge in [0.2, 0.25) is 11.8 Å². The highest BCUT2D eigenvalue weighted by molar-refractivity contribution is 8.24. The second kappa shape index (κ2) is 9.99. The van der Waals surface area contributed by atoms with Crippen molar-refractivity contribution >= 4 is 63.3 Å². The Kier molecular flexibility index (Phi) is 7.09. The maximum absolute atomic E-state index is 12.7. The molecule has 2 aliphatic heterocycles. The summed E-state index contributed by atoms with van der Waals surface area (Å²) in [5.74, 6) is 0.959. The molecule has 2 saturated heterocycles. The summed E-state index contributed by atoms with van der Waals surface area (Å²) in [7, 11) is 3.09. The summed E-state index contributed by atoms with van der Waals surface area (Å²) in [5.41, 5.74) is 1.10. The third kappa shape index (κ3) is 4.80. The zero-order valence-corrected chi connectivity index (χ0v) is 19.8. The first-order valence-corrected chi connectivity index (χ1v) is 12.1. The van der Waals surface area contributed by atoms with Gasteiger partial charge in [-0.25, -0.2) is 0 Å². The number of rotatable bonds is 7. The molecule has 32 heavy (non-hydrogen) atoms. The van der Waals surface area contributed by atoms with Crippen molar-refractivity contribution in [2.75, 3.05) is 30.2 Å². The number of anilines is 2. The van der Waals surface area contributed by atoms with E-state index in [0.717, 1.165) is 5.69 Å². The highest BCUT2D eigenvalue weighted by Crippen LogP contribution is 2.37. The van der Waals surface area contributed by atoms with Crippen LogP contribution < -0.4 is 30.3 Å². The summed E-state index contributed by atoms with van der Waals surface area (Å²) >= 11 is 8.20. The summed E-state index contributed by atoms with van der Waals surface area (Å²) in [6.07, 6.45) is -0.282. The Bertz CT molecular complexity index is 1020. The Hall–Kier alpha value is -2.47. The third-order valence-corrected chi connectivity index (χ3v) is 7.55. The molecular formula is C21H22N4O4S3. The minimum atomic E-state index is -0.424. The number of ether oxygens (including phenoxy) is 2. The van der Waals surface area contributed by atoms with E-state index in [1.165, 1.54) is 30.6 Å². The van der Waals surface area contributed by atoms with Gasteiger partial charge in [0.1, 0.15) is 21.2 Å². The fourth-order valence-electron chi connectivity index (χ4n) is 3.46. The van der Waals surface area contributed by atoms with Crippen molar-refractivity contribution in [1.82, 2.24) is 10.6 Å². The molecule has 3 N–H and O–H groups in total. The molecule has 0 aliphatic carbocycles. The van der Waals surface area contributed by atoms with Crippen LogP contribution in [0.15, 0.2) is 48.5 Å². The lowest BCUT2D eigenvalue weighted by Gasteiger charge is -2.36. The molecule has 2 aliphatic rings. The number of nitrogens with zero attached hydrogens (tertiary/aromatic N) is 1. The largest absolute Gasteiger partial charge is 0.493 e. The fourth-order valence-corrected chi connectivity index (χ4v) is 5.87. The number of benzene rings is 2. The van der Waals surface area contributed by atoms with E-state index in [1.54, 1.807) is 25.3 Å². The van der Waals surface area contributed by atoms with Crippen LogP contribution >= 0.6 is 35.7 Å². The monoisotopic (exact) mass is 490 g/mol. The van der Waals surface area contributed by atoms with Crippen molar-refractivity contribution < 1.29 is 19.1 Å². The molecule has 3 unspecified atom stereocenters. The molecular weight excluding hydrogens is 468 g/mol. The lowest BCUT2D eigenvalue weighted by molar-refractivity contribution is -0.122. The Balaban J connectivity index is 1.37. The Morgan fingerprint density at radius 3 is 2.66 bits per heavy atom. The topological polar surface area (TPSA) is 91.9 Å². The van der Waals surface area contributed by atoms with Gasteiger partial charge in [0.25, 0.3) is 0 Å². The van der Waals surface area contributed by atoms with E-state index in [1.807, 2.05) is 35.2 Å². The molecule has 0 bridgehead atoms. The number of amides is 2. The predicted molar refractivity (Wildman–Crippen MR) is 132 cm³/mol. The molecule has 2 amide bonds. The van der Waals surface area contributed by atoms with E-state index < -0.39 is 5.50 Å². The normalized spacial score (nSPS) is 22.2. The van der Waals surface area contributed by atoms with Gasteiger partial charge < -0.3 is 25.0 Å². The number of nitrogens with one attached hydrogen (secondary N) is 3. The molecule has 2 fully saturated rings. The number of hydrogen-bond donors (Lipinski definition) is 3. The van der Waals surface area contributed by atoms with Crippen LogP contribution in [0.2, 0.25) is 0 Å². The van der Waals surface area contributed by atoms with Crippen LogP contribution in [0.4, 0.5) is 11.4 Å². The van der Waals surface area contributed by atoms with Gasteiger partial charge in [0.05, 0.1) is 20.0 Å². The van der Waals surface area contributed by atoms with Crippen LogP contribution in [0, 0.1) is 0 Å². The summed E-state index contributed by atoms with van der Waals surface area (Å²) in [5, 5.41) is 8.82. The van der Waals surface area contributed by atoms with Crippen molar-refractivity contribution in [3.8, 4) is 11.5 Å². The first kappa shape index (κ1) is 22.7. The lowest BCUT2D eigenvalue weighted by atomic mass is 10.2. The van der Waals surface area contributed by atoms with E-state index in [9.17, 15) is 9.59 Å². The number of thiocarbonyl (C=S) groups is 1. The van der Waals surface area contributed by atoms with E-state index >= 15 is 0 Å². The lowest BCUT2D eigenvalue weighted by Crippen LogP contribution is -2.64. The average Bonchev–Trinajstić information content (AvgIpc) is 3.14. The number of fused-ring (bicyclic) bond motifs is 1. The second-order valence-electron chi connectivity index (χ2n) is 6.94. The first-order valence-electron chi connectivity index (χ1n) is 9.75. The fraction of sp³-hybridized carbons (Fsp3) is 0.286. The zero-order valence-electron chi connectivity index (χ0n) is 17.4. The molecule has 168 valence electrons. The molecule has 8 nitrogen and oxygen atoms in total. The number of carbonyl (C=O) groups excluding carboxylic acids is 2. The molecule has 0 radical (unpaired) electrons. The van der Waals surface area contributed by atoms with Crippen molar-refractivity contribution in [2.24, 2.45) is 0 Å². The molecule has 2 heterocycles. The zero-order chi connectivity index (χ0) is 22.7. The van der Waals surface area contributed by atoms with E-state index in [0.29, 0.717) is 21.5 Å². The van der Waals surface area contributed by atoms with Gasteiger partial charge in [0, 0.05) is 17.4 Å². The third-order valence-electron chi connectivity index (χ3n) is 4.93. The van der Waals surface area contributed by atoms with Crippen LogP contribution in [0.3, 0.4) is 0 Å².